The molecule has 0 saturated carbocycles. The van der Waals surface area contributed by atoms with Crippen LogP contribution in [-0.2, 0) is 4.79 Å². The highest BCUT2D eigenvalue weighted by atomic mass is 35.5. The molecule has 1 atom stereocenters. The largest absolute Gasteiger partial charge is 0.481 e. The van der Waals surface area contributed by atoms with E-state index in [1.165, 1.54) is 6.07 Å². The van der Waals surface area contributed by atoms with Crippen LogP contribution < -0.4 is 15.4 Å². The van der Waals surface area contributed by atoms with Crippen molar-refractivity contribution < 1.29 is 14.3 Å². The predicted octanol–water partition coefficient (Wildman–Crippen LogP) is 5.00. The van der Waals surface area contributed by atoms with E-state index in [1.807, 2.05) is 36.4 Å². The minimum Gasteiger partial charge on any atom is -0.481 e. The van der Waals surface area contributed by atoms with Crippen LogP contribution in [0.1, 0.15) is 17.3 Å². The van der Waals surface area contributed by atoms with E-state index in [9.17, 15) is 9.59 Å². The summed E-state index contributed by atoms with van der Waals surface area (Å²) in [5, 5.41) is 5.84. The van der Waals surface area contributed by atoms with Gasteiger partial charge in [0.2, 0.25) is 0 Å². The minimum absolute atomic E-state index is 0.299. The van der Waals surface area contributed by atoms with Gasteiger partial charge >= 0.3 is 0 Å². The summed E-state index contributed by atoms with van der Waals surface area (Å²) in [7, 11) is 0. The maximum atomic E-state index is 12.4. The maximum Gasteiger partial charge on any atom is 0.265 e. The molecule has 0 unspecified atom stereocenters. The van der Waals surface area contributed by atoms with Crippen LogP contribution in [0, 0.1) is 0 Å². The first-order chi connectivity index (χ1) is 13.5. The van der Waals surface area contributed by atoms with Crippen LogP contribution >= 0.6 is 11.6 Å². The van der Waals surface area contributed by atoms with E-state index in [0.717, 1.165) is 0 Å². The van der Waals surface area contributed by atoms with Crippen LogP contribution in [0.15, 0.2) is 78.9 Å². The summed E-state index contributed by atoms with van der Waals surface area (Å²) in [5.74, 6) is -0.0782. The molecule has 0 bridgehead atoms. The summed E-state index contributed by atoms with van der Waals surface area (Å²) in [6.07, 6.45) is -0.736. The van der Waals surface area contributed by atoms with Crippen molar-refractivity contribution in [2.45, 2.75) is 13.0 Å². The van der Waals surface area contributed by atoms with Crippen molar-refractivity contribution in [3.8, 4) is 5.75 Å². The van der Waals surface area contributed by atoms with Gasteiger partial charge in [0.15, 0.2) is 6.10 Å². The van der Waals surface area contributed by atoms with E-state index in [4.69, 9.17) is 16.3 Å². The van der Waals surface area contributed by atoms with Crippen molar-refractivity contribution in [1.29, 1.82) is 0 Å². The van der Waals surface area contributed by atoms with Gasteiger partial charge in [0.1, 0.15) is 5.75 Å². The first-order valence-corrected chi connectivity index (χ1v) is 9.09. The van der Waals surface area contributed by atoms with Crippen molar-refractivity contribution in [2.24, 2.45) is 0 Å². The Hall–Kier alpha value is -3.31. The lowest BCUT2D eigenvalue weighted by atomic mass is 10.1. The SMILES string of the molecule is C[C@@H](Oc1ccccc1)C(=O)Nc1cc(C(=O)Nc2ccccc2)ccc1Cl. The summed E-state index contributed by atoms with van der Waals surface area (Å²) in [6, 6.07) is 22.9. The van der Waals surface area contributed by atoms with Crippen LogP contribution in [0.25, 0.3) is 0 Å². The Balaban J connectivity index is 1.69. The molecule has 0 aliphatic rings. The zero-order valence-corrected chi connectivity index (χ0v) is 15.9. The van der Waals surface area contributed by atoms with Gasteiger partial charge in [0.25, 0.3) is 11.8 Å². The van der Waals surface area contributed by atoms with E-state index in [2.05, 4.69) is 10.6 Å². The molecule has 142 valence electrons. The first-order valence-electron chi connectivity index (χ1n) is 8.71. The number of para-hydroxylation sites is 2. The molecule has 0 heterocycles. The van der Waals surface area contributed by atoms with Gasteiger partial charge in [-0.05, 0) is 49.4 Å². The number of rotatable bonds is 6. The third kappa shape index (κ3) is 5.11. The van der Waals surface area contributed by atoms with E-state index in [0.29, 0.717) is 27.7 Å². The molecule has 2 amide bonds. The van der Waals surface area contributed by atoms with E-state index >= 15 is 0 Å². The standard InChI is InChI=1S/C22H19ClN2O3/c1-15(28-18-10-6-3-7-11-18)21(26)25-20-14-16(12-13-19(20)23)22(27)24-17-8-4-2-5-9-17/h2-15H,1H3,(H,24,27)(H,25,26)/t15-/m1/s1. The normalized spacial score (nSPS) is 11.4. The molecule has 5 nitrogen and oxygen atoms in total. The fraction of sp³-hybridized carbons (Fsp3) is 0.0909. The second-order valence-corrected chi connectivity index (χ2v) is 6.48. The zero-order valence-electron chi connectivity index (χ0n) is 15.2. The molecule has 6 heteroatoms. The number of carbonyl (C=O) groups excluding carboxylic acids is 2. The highest BCUT2D eigenvalue weighted by Gasteiger charge is 2.17. The van der Waals surface area contributed by atoms with Gasteiger partial charge in [-0.15, -0.1) is 0 Å². The molecule has 0 spiro atoms. The van der Waals surface area contributed by atoms with Crippen molar-refractivity contribution >= 4 is 34.8 Å². The van der Waals surface area contributed by atoms with Crippen molar-refractivity contribution in [2.75, 3.05) is 10.6 Å². The van der Waals surface area contributed by atoms with E-state index in [1.54, 1.807) is 43.3 Å². The Morgan fingerprint density at radius 3 is 2.21 bits per heavy atom. The molecule has 28 heavy (non-hydrogen) atoms. The number of halogens is 1. The lowest BCUT2D eigenvalue weighted by molar-refractivity contribution is -0.122. The number of anilines is 2. The van der Waals surface area contributed by atoms with Gasteiger partial charge < -0.3 is 15.4 Å². The molecule has 3 aromatic carbocycles. The fourth-order valence-electron chi connectivity index (χ4n) is 2.48. The highest BCUT2D eigenvalue weighted by molar-refractivity contribution is 6.34. The molecular formula is C22H19ClN2O3. The van der Waals surface area contributed by atoms with Crippen molar-refractivity contribution in [3.63, 3.8) is 0 Å². The second kappa shape index (κ2) is 9.06. The first kappa shape index (κ1) is 19.5. The summed E-state index contributed by atoms with van der Waals surface area (Å²) < 4.78 is 5.61. The van der Waals surface area contributed by atoms with Crippen molar-refractivity contribution in [1.82, 2.24) is 0 Å². The average Bonchev–Trinajstić information content (AvgIpc) is 2.71. The molecule has 0 aliphatic heterocycles. The highest BCUT2D eigenvalue weighted by Crippen LogP contribution is 2.24. The molecule has 2 N–H and O–H groups in total. The van der Waals surface area contributed by atoms with E-state index < -0.39 is 6.10 Å². The molecule has 0 aliphatic carbocycles. The minimum atomic E-state index is -0.736. The molecule has 0 radical (unpaired) electrons. The summed E-state index contributed by atoms with van der Waals surface area (Å²) in [4.78, 5) is 24.9. The average molecular weight is 395 g/mol. The predicted molar refractivity (Wildman–Crippen MR) is 111 cm³/mol. The summed E-state index contributed by atoms with van der Waals surface area (Å²) in [6.45, 7) is 1.64. The van der Waals surface area contributed by atoms with Crippen LogP contribution in [0.5, 0.6) is 5.75 Å². The Kier molecular flexibility index (Phi) is 6.29. The number of ether oxygens (including phenoxy) is 1. The lowest BCUT2D eigenvalue weighted by Gasteiger charge is -2.16. The quantitative estimate of drug-likeness (QED) is 0.618. The molecule has 0 saturated heterocycles. The Morgan fingerprint density at radius 2 is 1.54 bits per heavy atom. The second-order valence-electron chi connectivity index (χ2n) is 6.08. The van der Waals surface area contributed by atoms with E-state index in [-0.39, 0.29) is 11.8 Å². The molecule has 0 aromatic heterocycles. The van der Waals surface area contributed by atoms with Gasteiger partial charge in [0.05, 0.1) is 10.7 Å². The van der Waals surface area contributed by atoms with Crippen LogP contribution in [0.2, 0.25) is 5.02 Å². The smallest absolute Gasteiger partial charge is 0.265 e. The van der Waals surface area contributed by atoms with Gasteiger partial charge in [0, 0.05) is 11.3 Å². The number of benzene rings is 3. The number of carbonyl (C=O) groups is 2. The Morgan fingerprint density at radius 1 is 0.893 bits per heavy atom. The Labute approximate surface area is 168 Å². The third-order valence-corrected chi connectivity index (χ3v) is 4.27. The summed E-state index contributed by atoms with van der Waals surface area (Å²) >= 11 is 6.18. The summed E-state index contributed by atoms with van der Waals surface area (Å²) in [5.41, 5.74) is 1.40. The zero-order chi connectivity index (χ0) is 19.9. The lowest BCUT2D eigenvalue weighted by Crippen LogP contribution is -2.30. The number of nitrogens with one attached hydrogen (secondary N) is 2. The topological polar surface area (TPSA) is 67.4 Å². The maximum absolute atomic E-state index is 12.4. The van der Waals surface area contributed by atoms with Crippen LogP contribution in [0.3, 0.4) is 0 Å². The number of hydrogen-bond donors (Lipinski definition) is 2. The monoisotopic (exact) mass is 394 g/mol. The molecule has 3 rings (SSSR count). The van der Waals surface area contributed by atoms with Gasteiger partial charge in [-0.1, -0.05) is 48.0 Å². The van der Waals surface area contributed by atoms with Gasteiger partial charge in [-0.3, -0.25) is 9.59 Å². The van der Waals surface area contributed by atoms with Crippen LogP contribution in [-0.4, -0.2) is 17.9 Å². The Bertz CT molecular complexity index is 962. The molecule has 0 fully saturated rings. The number of amides is 2. The van der Waals surface area contributed by atoms with Gasteiger partial charge in [-0.25, -0.2) is 0 Å². The van der Waals surface area contributed by atoms with Crippen molar-refractivity contribution in [3.05, 3.63) is 89.4 Å². The number of hydrogen-bond acceptors (Lipinski definition) is 3. The van der Waals surface area contributed by atoms with Gasteiger partial charge in [-0.2, -0.15) is 0 Å². The fourth-order valence-corrected chi connectivity index (χ4v) is 2.64. The van der Waals surface area contributed by atoms with Crippen LogP contribution in [0.4, 0.5) is 11.4 Å². The molecular weight excluding hydrogens is 376 g/mol. The third-order valence-electron chi connectivity index (χ3n) is 3.94. The molecule has 3 aromatic rings.